The number of benzene rings is 1. The van der Waals surface area contributed by atoms with E-state index in [1.807, 2.05) is 0 Å². The first-order chi connectivity index (χ1) is 8.01. The molecule has 1 heterocycles. The van der Waals surface area contributed by atoms with Gasteiger partial charge in [-0.25, -0.2) is 8.78 Å². The van der Waals surface area contributed by atoms with Gasteiger partial charge in [0.25, 0.3) is 0 Å². The monoisotopic (exact) mass is 239 g/mol. The quantitative estimate of drug-likeness (QED) is 0.851. The third-order valence-corrected chi connectivity index (χ3v) is 3.41. The highest BCUT2D eigenvalue weighted by molar-refractivity contribution is 5.21. The molecule has 1 aliphatic rings. The molecule has 0 saturated carbocycles. The van der Waals surface area contributed by atoms with Gasteiger partial charge in [-0.2, -0.15) is 0 Å². The van der Waals surface area contributed by atoms with Crippen LogP contribution in [-0.2, 0) is 6.42 Å². The van der Waals surface area contributed by atoms with Crippen LogP contribution in [-0.4, -0.2) is 13.1 Å². The second-order valence-electron chi connectivity index (χ2n) is 5.61. The van der Waals surface area contributed by atoms with E-state index in [1.54, 1.807) is 0 Å². The molecule has 1 aromatic carbocycles. The van der Waals surface area contributed by atoms with Gasteiger partial charge in [0, 0.05) is 13.1 Å². The summed E-state index contributed by atoms with van der Waals surface area (Å²) < 4.78 is 26.7. The van der Waals surface area contributed by atoms with Crippen molar-refractivity contribution in [2.24, 2.45) is 11.3 Å². The maximum absolute atomic E-state index is 13.6. The summed E-state index contributed by atoms with van der Waals surface area (Å²) in [7, 11) is 0. The Bertz CT molecular complexity index is 397. The lowest BCUT2D eigenvalue weighted by atomic mass is 9.71. The molecule has 1 N–H and O–H groups in total. The number of rotatable bonds is 4. The molecule has 0 unspecified atom stereocenters. The van der Waals surface area contributed by atoms with E-state index in [0.29, 0.717) is 17.9 Å². The molecule has 1 saturated heterocycles. The van der Waals surface area contributed by atoms with Crippen LogP contribution in [0.2, 0.25) is 0 Å². The van der Waals surface area contributed by atoms with Gasteiger partial charge in [-0.3, -0.25) is 0 Å². The van der Waals surface area contributed by atoms with Crippen LogP contribution in [0.3, 0.4) is 0 Å². The fraction of sp³-hybridized carbons (Fsp3) is 0.571. The molecule has 17 heavy (non-hydrogen) atoms. The zero-order valence-electron chi connectivity index (χ0n) is 10.4. The molecule has 1 fully saturated rings. The van der Waals surface area contributed by atoms with Crippen molar-refractivity contribution in [2.75, 3.05) is 13.1 Å². The van der Waals surface area contributed by atoms with Crippen molar-refractivity contribution < 1.29 is 8.78 Å². The van der Waals surface area contributed by atoms with Crippen LogP contribution in [0.5, 0.6) is 0 Å². The molecule has 0 atom stereocenters. The average molecular weight is 239 g/mol. The molecule has 1 aromatic rings. The highest BCUT2D eigenvalue weighted by atomic mass is 19.1. The minimum atomic E-state index is -0.353. The van der Waals surface area contributed by atoms with Gasteiger partial charge >= 0.3 is 0 Å². The first-order valence-electron chi connectivity index (χ1n) is 6.15. The lowest BCUT2D eigenvalue weighted by molar-refractivity contribution is 0.129. The summed E-state index contributed by atoms with van der Waals surface area (Å²) in [6.45, 7) is 6.15. The molecule has 1 nitrogen and oxygen atoms in total. The summed E-state index contributed by atoms with van der Waals surface area (Å²) in [5, 5.41) is 3.25. The van der Waals surface area contributed by atoms with Gasteiger partial charge in [0.15, 0.2) is 0 Å². The maximum Gasteiger partial charge on any atom is 0.126 e. The van der Waals surface area contributed by atoms with Gasteiger partial charge in [-0.1, -0.05) is 13.8 Å². The van der Waals surface area contributed by atoms with E-state index in [1.165, 1.54) is 18.2 Å². The minimum Gasteiger partial charge on any atom is -0.316 e. The maximum atomic E-state index is 13.6. The molecule has 94 valence electrons. The van der Waals surface area contributed by atoms with E-state index in [0.717, 1.165) is 19.5 Å². The average Bonchev–Trinajstić information content (AvgIpc) is 2.19. The van der Waals surface area contributed by atoms with Gasteiger partial charge in [0.05, 0.1) is 0 Å². The standard InChI is InChI=1S/C14H19F2N/c1-10(2)6-14(8-17-9-14)7-11-5-12(15)3-4-13(11)16/h3-5,10,17H,6-9H2,1-2H3. The molecule has 0 bridgehead atoms. The Morgan fingerprint density at radius 3 is 2.53 bits per heavy atom. The smallest absolute Gasteiger partial charge is 0.126 e. The second kappa shape index (κ2) is 4.73. The number of nitrogens with one attached hydrogen (secondary N) is 1. The van der Waals surface area contributed by atoms with E-state index < -0.39 is 0 Å². The number of hydrogen-bond donors (Lipinski definition) is 1. The van der Waals surface area contributed by atoms with Crippen molar-refractivity contribution in [3.8, 4) is 0 Å². The van der Waals surface area contributed by atoms with Gasteiger partial charge < -0.3 is 5.32 Å². The molecule has 2 rings (SSSR count). The van der Waals surface area contributed by atoms with Gasteiger partial charge in [-0.05, 0) is 47.9 Å². The fourth-order valence-electron chi connectivity index (χ4n) is 2.77. The predicted molar refractivity (Wildman–Crippen MR) is 64.8 cm³/mol. The minimum absolute atomic E-state index is 0.114. The molecule has 0 aliphatic carbocycles. The van der Waals surface area contributed by atoms with Crippen LogP contribution in [0.25, 0.3) is 0 Å². The zero-order valence-corrected chi connectivity index (χ0v) is 10.4. The summed E-state index contributed by atoms with van der Waals surface area (Å²) in [4.78, 5) is 0. The van der Waals surface area contributed by atoms with E-state index in [9.17, 15) is 8.78 Å². The van der Waals surface area contributed by atoms with Crippen LogP contribution in [0, 0.1) is 23.0 Å². The summed E-state index contributed by atoms with van der Waals surface area (Å²) in [6.07, 6.45) is 1.68. The molecule has 0 amide bonds. The van der Waals surface area contributed by atoms with Crippen LogP contribution in [0.1, 0.15) is 25.8 Å². The summed E-state index contributed by atoms with van der Waals surface area (Å²) in [5.74, 6) is -0.0662. The number of hydrogen-bond acceptors (Lipinski definition) is 1. The first kappa shape index (κ1) is 12.5. The van der Waals surface area contributed by atoms with Crippen molar-refractivity contribution in [1.29, 1.82) is 0 Å². The lowest BCUT2D eigenvalue weighted by Gasteiger charge is -2.44. The lowest BCUT2D eigenvalue weighted by Crippen LogP contribution is -2.55. The summed E-state index contributed by atoms with van der Waals surface area (Å²) >= 11 is 0. The molecule has 0 aromatic heterocycles. The Balaban J connectivity index is 2.15. The topological polar surface area (TPSA) is 12.0 Å². The van der Waals surface area contributed by atoms with Gasteiger partial charge in [0.2, 0.25) is 0 Å². The Morgan fingerprint density at radius 1 is 1.29 bits per heavy atom. The first-order valence-corrected chi connectivity index (χ1v) is 6.15. The third-order valence-electron chi connectivity index (χ3n) is 3.41. The normalized spacial score (nSPS) is 18.2. The Labute approximate surface area is 101 Å². The zero-order chi connectivity index (χ0) is 12.5. The van der Waals surface area contributed by atoms with E-state index in [4.69, 9.17) is 0 Å². The molecular weight excluding hydrogens is 220 g/mol. The Morgan fingerprint density at radius 2 is 2.00 bits per heavy atom. The van der Waals surface area contributed by atoms with Crippen molar-refractivity contribution in [2.45, 2.75) is 26.7 Å². The third kappa shape index (κ3) is 2.83. The van der Waals surface area contributed by atoms with Crippen molar-refractivity contribution in [1.82, 2.24) is 5.32 Å². The van der Waals surface area contributed by atoms with Crippen LogP contribution in [0.15, 0.2) is 18.2 Å². The second-order valence-corrected chi connectivity index (χ2v) is 5.61. The van der Waals surface area contributed by atoms with E-state index in [-0.39, 0.29) is 17.0 Å². The van der Waals surface area contributed by atoms with Crippen LogP contribution in [0.4, 0.5) is 8.78 Å². The van der Waals surface area contributed by atoms with Gasteiger partial charge in [0.1, 0.15) is 11.6 Å². The molecule has 1 aliphatic heterocycles. The van der Waals surface area contributed by atoms with Crippen molar-refractivity contribution >= 4 is 0 Å². The molecular formula is C14H19F2N. The van der Waals surface area contributed by atoms with Gasteiger partial charge in [-0.15, -0.1) is 0 Å². The predicted octanol–water partition coefficient (Wildman–Crippen LogP) is 3.14. The molecule has 0 spiro atoms. The SMILES string of the molecule is CC(C)CC1(Cc2cc(F)ccc2F)CNC1. The Hall–Kier alpha value is -0.960. The van der Waals surface area contributed by atoms with Crippen LogP contribution >= 0.6 is 0 Å². The van der Waals surface area contributed by atoms with Crippen LogP contribution < -0.4 is 5.32 Å². The highest BCUT2D eigenvalue weighted by Gasteiger charge is 2.37. The van der Waals surface area contributed by atoms with Crippen molar-refractivity contribution in [3.05, 3.63) is 35.4 Å². The van der Waals surface area contributed by atoms with E-state index in [2.05, 4.69) is 19.2 Å². The Kier molecular flexibility index (Phi) is 3.48. The van der Waals surface area contributed by atoms with E-state index >= 15 is 0 Å². The fourth-order valence-corrected chi connectivity index (χ4v) is 2.77. The summed E-state index contributed by atoms with van der Waals surface area (Å²) in [6, 6.07) is 3.72. The summed E-state index contributed by atoms with van der Waals surface area (Å²) in [5.41, 5.74) is 0.621. The highest BCUT2D eigenvalue weighted by Crippen LogP contribution is 2.35. The molecule has 3 heteroatoms. The molecule has 0 radical (unpaired) electrons. The number of halogens is 2. The largest absolute Gasteiger partial charge is 0.316 e. The van der Waals surface area contributed by atoms with Crippen molar-refractivity contribution in [3.63, 3.8) is 0 Å².